The van der Waals surface area contributed by atoms with Gasteiger partial charge in [-0.25, -0.2) is 9.78 Å². The molecule has 0 unspecified atom stereocenters. The highest BCUT2D eigenvalue weighted by Gasteiger charge is 2.36. The van der Waals surface area contributed by atoms with E-state index in [0.29, 0.717) is 18.7 Å². The summed E-state index contributed by atoms with van der Waals surface area (Å²) in [5, 5.41) is 2.86. The SMILES string of the molecule is CCN(CC)c1ccc(NC(=O)[C@@H]2CCCN2C(=O)OC(C)(C)C)cn1. The van der Waals surface area contributed by atoms with Crippen molar-refractivity contribution >= 4 is 23.5 Å². The second-order valence-corrected chi connectivity index (χ2v) is 7.40. The second-order valence-electron chi connectivity index (χ2n) is 7.40. The number of carbonyl (C=O) groups is 2. The van der Waals surface area contributed by atoms with Crippen LogP contribution < -0.4 is 10.2 Å². The first-order valence-electron chi connectivity index (χ1n) is 9.26. The Morgan fingerprint density at radius 2 is 2.00 bits per heavy atom. The molecule has 7 heteroatoms. The van der Waals surface area contributed by atoms with Gasteiger partial charge in [0.1, 0.15) is 17.5 Å². The maximum atomic E-state index is 12.6. The summed E-state index contributed by atoms with van der Waals surface area (Å²) in [4.78, 5) is 33.0. The van der Waals surface area contributed by atoms with Gasteiger partial charge in [0.15, 0.2) is 0 Å². The molecule has 1 atom stereocenters. The Bertz CT molecular complexity index is 621. The van der Waals surface area contributed by atoms with Crippen LogP contribution in [0.25, 0.3) is 0 Å². The molecule has 0 aromatic carbocycles. The van der Waals surface area contributed by atoms with E-state index in [1.807, 2.05) is 32.9 Å². The molecule has 0 radical (unpaired) electrons. The summed E-state index contributed by atoms with van der Waals surface area (Å²) < 4.78 is 5.41. The number of rotatable bonds is 5. The predicted molar refractivity (Wildman–Crippen MR) is 102 cm³/mol. The lowest BCUT2D eigenvalue weighted by Gasteiger charge is -2.28. The summed E-state index contributed by atoms with van der Waals surface area (Å²) in [6.07, 6.45) is 2.63. The van der Waals surface area contributed by atoms with Crippen LogP contribution in [0, 0.1) is 0 Å². The van der Waals surface area contributed by atoms with Crippen LogP contribution in [0.3, 0.4) is 0 Å². The zero-order valence-electron chi connectivity index (χ0n) is 16.4. The average molecular weight is 362 g/mol. The van der Waals surface area contributed by atoms with Crippen LogP contribution in [0.15, 0.2) is 18.3 Å². The molecular weight excluding hydrogens is 332 g/mol. The van der Waals surface area contributed by atoms with Gasteiger partial charge in [-0.3, -0.25) is 9.69 Å². The van der Waals surface area contributed by atoms with Crippen molar-refractivity contribution in [1.29, 1.82) is 0 Å². The van der Waals surface area contributed by atoms with Crippen LogP contribution in [0.4, 0.5) is 16.3 Å². The molecule has 1 N–H and O–H groups in total. The Balaban J connectivity index is 2.01. The molecule has 1 aliphatic heterocycles. The zero-order valence-corrected chi connectivity index (χ0v) is 16.4. The van der Waals surface area contributed by atoms with Gasteiger partial charge >= 0.3 is 6.09 Å². The molecular formula is C19H30N4O3. The fraction of sp³-hybridized carbons (Fsp3) is 0.632. The van der Waals surface area contributed by atoms with Crippen molar-refractivity contribution in [3.8, 4) is 0 Å². The van der Waals surface area contributed by atoms with Crippen LogP contribution in [-0.4, -0.2) is 53.2 Å². The van der Waals surface area contributed by atoms with Crippen LogP contribution in [0.5, 0.6) is 0 Å². The lowest BCUT2D eigenvalue weighted by atomic mass is 10.2. The topological polar surface area (TPSA) is 74.8 Å². The first-order valence-corrected chi connectivity index (χ1v) is 9.26. The van der Waals surface area contributed by atoms with E-state index < -0.39 is 17.7 Å². The highest BCUT2D eigenvalue weighted by atomic mass is 16.6. The second kappa shape index (κ2) is 8.38. The number of aromatic nitrogens is 1. The standard InChI is InChI=1S/C19H30N4O3/c1-6-22(7-2)16-11-10-14(13-20-16)21-17(24)15-9-8-12-23(15)18(25)26-19(3,4)5/h10-11,13,15H,6-9,12H2,1-5H3,(H,21,24)/t15-/m0/s1. The molecule has 2 rings (SSSR count). The molecule has 1 aromatic rings. The molecule has 144 valence electrons. The Labute approximate surface area is 155 Å². The minimum absolute atomic E-state index is 0.203. The minimum Gasteiger partial charge on any atom is -0.444 e. The monoisotopic (exact) mass is 362 g/mol. The van der Waals surface area contributed by atoms with Crippen molar-refractivity contribution in [2.45, 2.75) is 59.1 Å². The number of nitrogens with one attached hydrogen (secondary N) is 1. The van der Waals surface area contributed by atoms with Gasteiger partial charge in [0.25, 0.3) is 0 Å². The van der Waals surface area contributed by atoms with Crippen molar-refractivity contribution in [3.63, 3.8) is 0 Å². The third kappa shape index (κ3) is 5.09. The Morgan fingerprint density at radius 1 is 1.31 bits per heavy atom. The Kier molecular flexibility index (Phi) is 6.45. The normalized spacial score (nSPS) is 17.1. The van der Waals surface area contributed by atoms with Crippen molar-refractivity contribution < 1.29 is 14.3 Å². The molecule has 1 aromatic heterocycles. The highest BCUT2D eigenvalue weighted by molar-refractivity contribution is 5.96. The van der Waals surface area contributed by atoms with Crippen LogP contribution in [0.1, 0.15) is 47.5 Å². The summed E-state index contributed by atoms with van der Waals surface area (Å²) in [7, 11) is 0. The first-order chi connectivity index (χ1) is 12.2. The van der Waals surface area contributed by atoms with Gasteiger partial charge in [-0.2, -0.15) is 0 Å². The summed E-state index contributed by atoms with van der Waals surface area (Å²) in [6, 6.07) is 3.22. The molecule has 2 amide bonds. The molecule has 1 saturated heterocycles. The fourth-order valence-corrected chi connectivity index (χ4v) is 3.00. The molecule has 0 spiro atoms. The number of nitrogens with zero attached hydrogens (tertiary/aromatic N) is 3. The lowest BCUT2D eigenvalue weighted by molar-refractivity contribution is -0.120. The average Bonchev–Trinajstić information content (AvgIpc) is 3.06. The first kappa shape index (κ1) is 20.0. The highest BCUT2D eigenvalue weighted by Crippen LogP contribution is 2.22. The van der Waals surface area contributed by atoms with Crippen LogP contribution in [-0.2, 0) is 9.53 Å². The van der Waals surface area contributed by atoms with Gasteiger partial charge in [0.2, 0.25) is 5.91 Å². The van der Waals surface area contributed by atoms with E-state index >= 15 is 0 Å². The number of ether oxygens (including phenoxy) is 1. The quantitative estimate of drug-likeness (QED) is 0.870. The Hall–Kier alpha value is -2.31. The van der Waals surface area contributed by atoms with Crippen molar-refractivity contribution in [2.75, 3.05) is 29.9 Å². The van der Waals surface area contributed by atoms with Crippen LogP contribution >= 0.6 is 0 Å². The number of hydrogen-bond donors (Lipinski definition) is 1. The van der Waals surface area contributed by atoms with Crippen molar-refractivity contribution in [1.82, 2.24) is 9.88 Å². The fourth-order valence-electron chi connectivity index (χ4n) is 3.00. The van der Waals surface area contributed by atoms with Gasteiger partial charge < -0.3 is 15.0 Å². The van der Waals surface area contributed by atoms with E-state index in [1.165, 1.54) is 4.90 Å². The van der Waals surface area contributed by atoms with E-state index in [1.54, 1.807) is 6.20 Å². The molecule has 0 bridgehead atoms. The molecule has 1 aliphatic rings. The smallest absolute Gasteiger partial charge is 0.410 e. The minimum atomic E-state index is -0.578. The number of carbonyl (C=O) groups excluding carboxylic acids is 2. The molecule has 0 saturated carbocycles. The number of likely N-dealkylation sites (tertiary alicyclic amines) is 1. The number of anilines is 2. The van der Waals surface area contributed by atoms with Gasteiger partial charge in [-0.1, -0.05) is 0 Å². The predicted octanol–water partition coefficient (Wildman–Crippen LogP) is 3.27. The largest absolute Gasteiger partial charge is 0.444 e. The third-order valence-corrected chi connectivity index (χ3v) is 4.29. The van der Waals surface area contributed by atoms with E-state index in [-0.39, 0.29) is 5.91 Å². The third-order valence-electron chi connectivity index (χ3n) is 4.29. The number of pyridine rings is 1. The van der Waals surface area contributed by atoms with Crippen molar-refractivity contribution in [3.05, 3.63) is 18.3 Å². The summed E-state index contributed by atoms with van der Waals surface area (Å²) in [5.74, 6) is 0.676. The number of amides is 2. The van der Waals surface area contributed by atoms with Crippen molar-refractivity contribution in [2.24, 2.45) is 0 Å². The van der Waals surface area contributed by atoms with Gasteiger partial charge in [0, 0.05) is 19.6 Å². The summed E-state index contributed by atoms with van der Waals surface area (Å²) >= 11 is 0. The van der Waals surface area contributed by atoms with E-state index in [2.05, 4.69) is 29.0 Å². The molecule has 2 heterocycles. The summed E-state index contributed by atoms with van der Waals surface area (Å²) in [6.45, 7) is 11.9. The van der Waals surface area contributed by atoms with Crippen LogP contribution in [0.2, 0.25) is 0 Å². The number of hydrogen-bond acceptors (Lipinski definition) is 5. The van der Waals surface area contributed by atoms with E-state index in [4.69, 9.17) is 4.74 Å². The van der Waals surface area contributed by atoms with Gasteiger partial charge in [-0.15, -0.1) is 0 Å². The Morgan fingerprint density at radius 3 is 2.54 bits per heavy atom. The zero-order chi connectivity index (χ0) is 19.3. The maximum Gasteiger partial charge on any atom is 0.410 e. The summed E-state index contributed by atoms with van der Waals surface area (Å²) in [5.41, 5.74) is 0.0483. The molecule has 1 fully saturated rings. The van der Waals surface area contributed by atoms with E-state index in [9.17, 15) is 9.59 Å². The van der Waals surface area contributed by atoms with Gasteiger partial charge in [0.05, 0.1) is 11.9 Å². The van der Waals surface area contributed by atoms with E-state index in [0.717, 1.165) is 25.3 Å². The van der Waals surface area contributed by atoms with Gasteiger partial charge in [-0.05, 0) is 59.6 Å². The molecule has 0 aliphatic carbocycles. The molecule has 7 nitrogen and oxygen atoms in total. The maximum absolute atomic E-state index is 12.6. The lowest BCUT2D eigenvalue weighted by Crippen LogP contribution is -2.45. The molecule has 26 heavy (non-hydrogen) atoms.